The van der Waals surface area contributed by atoms with Crippen LogP contribution in [0.4, 0.5) is 6.01 Å². The molecular weight excluding hydrogens is 190 g/mol. The smallest absolute Gasteiger partial charge is 0.321 e. The van der Waals surface area contributed by atoms with Crippen LogP contribution in [0.5, 0.6) is 0 Å². The van der Waals surface area contributed by atoms with Gasteiger partial charge in [-0.05, 0) is 12.5 Å². The maximum Gasteiger partial charge on any atom is 0.321 e. The molecule has 78 valence electrons. The van der Waals surface area contributed by atoms with Gasteiger partial charge in [0.05, 0.1) is 0 Å². The maximum absolute atomic E-state index is 4.94. The number of hydrogen-bond acceptors (Lipinski definition) is 4. The molecule has 2 aromatic rings. The highest BCUT2D eigenvalue weighted by molar-refractivity contribution is 5.25. The van der Waals surface area contributed by atoms with Crippen molar-refractivity contribution in [1.82, 2.24) is 10.1 Å². The van der Waals surface area contributed by atoms with Gasteiger partial charge in [0, 0.05) is 13.5 Å². The molecule has 2 rings (SSSR count). The monoisotopic (exact) mass is 203 g/mol. The normalized spacial score (nSPS) is 10.3. The largest absolute Gasteiger partial charge is 0.341 e. The van der Waals surface area contributed by atoms with E-state index in [1.807, 2.05) is 6.07 Å². The number of hydrogen-bond donors (Lipinski definition) is 1. The summed E-state index contributed by atoms with van der Waals surface area (Å²) in [4.78, 5) is 4.16. The second kappa shape index (κ2) is 4.13. The molecule has 0 saturated carbocycles. The average Bonchev–Trinajstić information content (AvgIpc) is 2.65. The van der Waals surface area contributed by atoms with E-state index in [2.05, 4.69) is 40.6 Å². The lowest BCUT2D eigenvalue weighted by atomic mass is 10.1. The number of aromatic nitrogens is 2. The van der Waals surface area contributed by atoms with Crippen molar-refractivity contribution in [2.75, 3.05) is 12.4 Å². The molecule has 15 heavy (non-hydrogen) atoms. The number of nitrogens with one attached hydrogen (secondary N) is 1. The molecule has 4 heteroatoms. The van der Waals surface area contributed by atoms with Crippen LogP contribution in [0.3, 0.4) is 0 Å². The van der Waals surface area contributed by atoms with Gasteiger partial charge < -0.3 is 9.84 Å². The highest BCUT2D eigenvalue weighted by atomic mass is 16.5. The molecule has 0 bridgehead atoms. The maximum atomic E-state index is 4.94. The molecule has 1 aromatic heterocycles. The van der Waals surface area contributed by atoms with Crippen molar-refractivity contribution < 1.29 is 4.52 Å². The zero-order chi connectivity index (χ0) is 10.7. The van der Waals surface area contributed by atoms with Crippen molar-refractivity contribution in [3.63, 3.8) is 0 Å². The van der Waals surface area contributed by atoms with Crippen LogP contribution >= 0.6 is 0 Å². The predicted molar refractivity (Wildman–Crippen MR) is 57.8 cm³/mol. The third kappa shape index (κ3) is 2.34. The van der Waals surface area contributed by atoms with Gasteiger partial charge in [-0.25, -0.2) is 0 Å². The molecule has 0 fully saturated rings. The van der Waals surface area contributed by atoms with Crippen LogP contribution in [0, 0.1) is 6.92 Å². The number of nitrogens with zero attached hydrogens (tertiary/aromatic N) is 2. The molecule has 4 nitrogen and oxygen atoms in total. The van der Waals surface area contributed by atoms with E-state index < -0.39 is 0 Å². The van der Waals surface area contributed by atoms with Crippen LogP contribution in [0.2, 0.25) is 0 Å². The summed E-state index contributed by atoms with van der Waals surface area (Å²) in [6, 6.07) is 8.73. The van der Waals surface area contributed by atoms with E-state index in [9.17, 15) is 0 Å². The minimum atomic E-state index is 0.456. The highest BCUT2D eigenvalue weighted by Crippen LogP contribution is 2.10. The molecule has 0 aliphatic rings. The van der Waals surface area contributed by atoms with Gasteiger partial charge in [0.2, 0.25) is 0 Å². The first-order valence-corrected chi connectivity index (χ1v) is 4.84. The number of rotatable bonds is 3. The first kappa shape index (κ1) is 9.71. The Balaban J connectivity index is 2.14. The van der Waals surface area contributed by atoms with Crippen molar-refractivity contribution in [1.29, 1.82) is 0 Å². The van der Waals surface area contributed by atoms with E-state index in [1.54, 1.807) is 7.05 Å². The lowest BCUT2D eigenvalue weighted by Crippen LogP contribution is -1.92. The van der Waals surface area contributed by atoms with Crippen LogP contribution < -0.4 is 5.32 Å². The molecule has 0 spiro atoms. The van der Waals surface area contributed by atoms with Gasteiger partial charge in [0.15, 0.2) is 5.82 Å². The van der Waals surface area contributed by atoms with Crippen molar-refractivity contribution in [3.05, 3.63) is 41.2 Å². The molecule has 0 amide bonds. The van der Waals surface area contributed by atoms with Crippen molar-refractivity contribution in [3.8, 4) is 0 Å². The predicted octanol–water partition coefficient (Wildman–Crippen LogP) is 2.01. The number of anilines is 1. The summed E-state index contributed by atoms with van der Waals surface area (Å²) in [7, 11) is 1.75. The summed E-state index contributed by atoms with van der Waals surface area (Å²) in [6.07, 6.45) is 0.701. The molecule has 0 unspecified atom stereocenters. The number of benzene rings is 1. The SMILES string of the molecule is CNc1nc(Cc2cccc(C)c2)no1. The summed E-state index contributed by atoms with van der Waals surface area (Å²) >= 11 is 0. The number of aryl methyl sites for hydroxylation is 1. The van der Waals surface area contributed by atoms with Gasteiger partial charge in [-0.3, -0.25) is 0 Å². The minimum Gasteiger partial charge on any atom is -0.341 e. The summed E-state index contributed by atoms with van der Waals surface area (Å²) in [5.41, 5.74) is 2.43. The van der Waals surface area contributed by atoms with Crippen molar-refractivity contribution in [2.45, 2.75) is 13.3 Å². The molecule has 0 saturated heterocycles. The van der Waals surface area contributed by atoms with E-state index in [-0.39, 0.29) is 0 Å². The second-order valence-electron chi connectivity index (χ2n) is 3.43. The van der Waals surface area contributed by atoms with Crippen molar-refractivity contribution >= 4 is 6.01 Å². The lowest BCUT2D eigenvalue weighted by Gasteiger charge is -1.97. The minimum absolute atomic E-state index is 0.456. The topological polar surface area (TPSA) is 51.0 Å². The van der Waals surface area contributed by atoms with Crippen molar-refractivity contribution in [2.24, 2.45) is 0 Å². The first-order valence-electron chi connectivity index (χ1n) is 4.84. The Morgan fingerprint density at radius 3 is 2.93 bits per heavy atom. The highest BCUT2D eigenvalue weighted by Gasteiger charge is 2.04. The van der Waals surface area contributed by atoms with Gasteiger partial charge in [0.1, 0.15) is 0 Å². The third-order valence-corrected chi connectivity index (χ3v) is 2.13. The average molecular weight is 203 g/mol. The quantitative estimate of drug-likeness (QED) is 0.829. The zero-order valence-corrected chi connectivity index (χ0v) is 8.82. The van der Waals surface area contributed by atoms with Gasteiger partial charge in [-0.15, -0.1) is 0 Å². The second-order valence-corrected chi connectivity index (χ2v) is 3.43. The fraction of sp³-hybridized carbons (Fsp3) is 0.273. The Kier molecular flexibility index (Phi) is 2.67. The molecular formula is C11H13N3O. The molecule has 0 aliphatic heterocycles. The third-order valence-electron chi connectivity index (χ3n) is 2.13. The van der Waals surface area contributed by atoms with Crippen LogP contribution in [0.1, 0.15) is 17.0 Å². The summed E-state index contributed by atoms with van der Waals surface area (Å²) in [5, 5.41) is 6.67. The Bertz CT molecular complexity index is 451. The van der Waals surface area contributed by atoms with Crippen LogP contribution in [0.15, 0.2) is 28.8 Å². The van der Waals surface area contributed by atoms with E-state index in [4.69, 9.17) is 4.52 Å². The fourth-order valence-corrected chi connectivity index (χ4v) is 1.43. The van der Waals surface area contributed by atoms with Crippen LogP contribution in [0.25, 0.3) is 0 Å². The summed E-state index contributed by atoms with van der Waals surface area (Å²) < 4.78 is 4.94. The molecule has 0 radical (unpaired) electrons. The molecule has 1 heterocycles. The lowest BCUT2D eigenvalue weighted by molar-refractivity contribution is 0.425. The van der Waals surface area contributed by atoms with E-state index in [0.717, 1.165) is 0 Å². The fourth-order valence-electron chi connectivity index (χ4n) is 1.43. The molecule has 0 aliphatic carbocycles. The van der Waals surface area contributed by atoms with E-state index in [0.29, 0.717) is 18.3 Å². The van der Waals surface area contributed by atoms with Gasteiger partial charge in [0.25, 0.3) is 0 Å². The Morgan fingerprint density at radius 2 is 2.27 bits per heavy atom. The Hall–Kier alpha value is -1.84. The van der Waals surface area contributed by atoms with Crippen LogP contribution in [-0.4, -0.2) is 17.2 Å². The molecule has 1 N–H and O–H groups in total. The molecule has 1 aromatic carbocycles. The van der Waals surface area contributed by atoms with E-state index in [1.165, 1.54) is 11.1 Å². The summed E-state index contributed by atoms with van der Waals surface area (Å²) in [6.45, 7) is 2.07. The van der Waals surface area contributed by atoms with Crippen LogP contribution in [-0.2, 0) is 6.42 Å². The Morgan fingerprint density at radius 1 is 1.40 bits per heavy atom. The van der Waals surface area contributed by atoms with Gasteiger partial charge >= 0.3 is 6.01 Å². The standard InChI is InChI=1S/C11H13N3O/c1-8-4-3-5-9(6-8)7-10-13-11(12-2)15-14-10/h3-6H,7H2,1-2H3,(H,12,13,14). The molecule has 0 atom stereocenters. The van der Waals surface area contributed by atoms with Gasteiger partial charge in [-0.2, -0.15) is 4.98 Å². The zero-order valence-electron chi connectivity index (χ0n) is 8.82. The Labute approximate surface area is 88.3 Å². The summed E-state index contributed by atoms with van der Waals surface area (Å²) in [5.74, 6) is 0.699. The van der Waals surface area contributed by atoms with E-state index >= 15 is 0 Å². The first-order chi connectivity index (χ1) is 7.28. The van der Waals surface area contributed by atoms with Gasteiger partial charge in [-0.1, -0.05) is 35.0 Å².